The molecule has 0 saturated heterocycles. The Labute approximate surface area is 105 Å². The number of nitrogens with one attached hydrogen (secondary N) is 1. The molecule has 1 aromatic heterocycles. The number of rotatable bonds is 4. The minimum absolute atomic E-state index is 0.0314. The van der Waals surface area contributed by atoms with Crippen LogP contribution in [0.2, 0.25) is 0 Å². The predicted molar refractivity (Wildman–Crippen MR) is 65.2 cm³/mol. The Morgan fingerprint density at radius 2 is 2.22 bits per heavy atom. The van der Waals surface area contributed by atoms with E-state index in [1.165, 1.54) is 4.80 Å². The molecule has 0 fully saturated rings. The molecule has 1 atom stereocenters. The highest BCUT2D eigenvalue weighted by molar-refractivity contribution is 5.25. The molecule has 2 rings (SSSR count). The Kier molecular flexibility index (Phi) is 3.66. The summed E-state index contributed by atoms with van der Waals surface area (Å²) in [4.78, 5) is 1.41. The summed E-state index contributed by atoms with van der Waals surface area (Å²) >= 11 is 0. The lowest BCUT2D eigenvalue weighted by Gasteiger charge is -2.13. The van der Waals surface area contributed by atoms with E-state index in [0.717, 1.165) is 5.56 Å². The fourth-order valence-electron chi connectivity index (χ4n) is 1.63. The quantitative estimate of drug-likeness (QED) is 0.892. The lowest BCUT2D eigenvalue weighted by Crippen LogP contribution is -2.19. The van der Waals surface area contributed by atoms with E-state index in [1.54, 1.807) is 26.1 Å². The number of nitrogens with zero attached hydrogens (tertiary/aromatic N) is 4. The highest BCUT2D eigenvalue weighted by Crippen LogP contribution is 2.16. The van der Waals surface area contributed by atoms with Gasteiger partial charge >= 0.3 is 0 Å². The third-order valence-corrected chi connectivity index (χ3v) is 2.81. The van der Waals surface area contributed by atoms with E-state index >= 15 is 0 Å². The number of benzene rings is 1. The number of aromatic nitrogens is 4. The molecule has 1 N–H and O–H groups in total. The summed E-state index contributed by atoms with van der Waals surface area (Å²) in [5.74, 6) is 0.440. The van der Waals surface area contributed by atoms with Gasteiger partial charge in [0.25, 0.3) is 0 Å². The SMILES string of the molecule is Cc1ccc(C(C)NCc2nnn(C)n2)cc1F. The molecule has 0 aliphatic rings. The Morgan fingerprint density at radius 1 is 1.44 bits per heavy atom. The number of hydrogen-bond donors (Lipinski definition) is 1. The van der Waals surface area contributed by atoms with Crippen molar-refractivity contribution in [1.29, 1.82) is 0 Å². The third kappa shape index (κ3) is 2.89. The maximum absolute atomic E-state index is 13.4. The number of hydrogen-bond acceptors (Lipinski definition) is 4. The summed E-state index contributed by atoms with van der Waals surface area (Å²) < 4.78 is 13.4. The first-order chi connectivity index (χ1) is 8.56. The van der Waals surface area contributed by atoms with Crippen molar-refractivity contribution in [2.24, 2.45) is 7.05 Å². The zero-order valence-corrected chi connectivity index (χ0v) is 10.7. The van der Waals surface area contributed by atoms with Gasteiger partial charge in [-0.3, -0.25) is 0 Å². The molecular formula is C12H16FN5. The average Bonchev–Trinajstić information content (AvgIpc) is 2.75. The van der Waals surface area contributed by atoms with Gasteiger partial charge in [0, 0.05) is 6.04 Å². The molecular weight excluding hydrogens is 233 g/mol. The second kappa shape index (κ2) is 5.22. The van der Waals surface area contributed by atoms with Gasteiger partial charge in [-0.1, -0.05) is 12.1 Å². The topological polar surface area (TPSA) is 55.6 Å². The minimum Gasteiger partial charge on any atom is -0.303 e. The van der Waals surface area contributed by atoms with Crippen molar-refractivity contribution in [3.05, 3.63) is 41.0 Å². The van der Waals surface area contributed by atoms with E-state index in [4.69, 9.17) is 0 Å². The zero-order chi connectivity index (χ0) is 13.1. The Morgan fingerprint density at radius 3 is 2.83 bits per heavy atom. The summed E-state index contributed by atoms with van der Waals surface area (Å²) in [5, 5.41) is 14.9. The van der Waals surface area contributed by atoms with Crippen LogP contribution in [0.3, 0.4) is 0 Å². The molecule has 0 bridgehead atoms. The van der Waals surface area contributed by atoms with Crippen LogP contribution in [0.15, 0.2) is 18.2 Å². The van der Waals surface area contributed by atoms with Gasteiger partial charge in [-0.25, -0.2) is 4.39 Å². The van der Waals surface area contributed by atoms with Gasteiger partial charge in [0.1, 0.15) is 5.82 Å². The molecule has 1 unspecified atom stereocenters. The summed E-state index contributed by atoms with van der Waals surface area (Å²) in [6.07, 6.45) is 0. The third-order valence-electron chi connectivity index (χ3n) is 2.81. The van der Waals surface area contributed by atoms with Crippen LogP contribution in [0.4, 0.5) is 4.39 Å². The Balaban J connectivity index is 1.99. The van der Waals surface area contributed by atoms with E-state index in [-0.39, 0.29) is 11.9 Å². The summed E-state index contributed by atoms with van der Waals surface area (Å²) in [7, 11) is 1.72. The van der Waals surface area contributed by atoms with Crippen molar-refractivity contribution in [2.75, 3.05) is 0 Å². The normalized spacial score (nSPS) is 12.7. The average molecular weight is 249 g/mol. The molecule has 5 nitrogen and oxygen atoms in total. The van der Waals surface area contributed by atoms with E-state index in [9.17, 15) is 4.39 Å². The summed E-state index contributed by atoms with van der Waals surface area (Å²) in [5.41, 5.74) is 1.56. The lowest BCUT2D eigenvalue weighted by molar-refractivity contribution is 0.548. The fourth-order valence-corrected chi connectivity index (χ4v) is 1.63. The molecule has 0 amide bonds. The molecule has 18 heavy (non-hydrogen) atoms. The van der Waals surface area contributed by atoms with Gasteiger partial charge in [-0.15, -0.1) is 10.2 Å². The first-order valence-electron chi connectivity index (χ1n) is 5.78. The zero-order valence-electron chi connectivity index (χ0n) is 10.7. The van der Waals surface area contributed by atoms with Crippen molar-refractivity contribution in [1.82, 2.24) is 25.5 Å². The molecule has 0 radical (unpaired) electrons. The minimum atomic E-state index is -0.182. The molecule has 2 aromatic rings. The molecule has 0 spiro atoms. The van der Waals surface area contributed by atoms with E-state index in [0.29, 0.717) is 17.9 Å². The second-order valence-electron chi connectivity index (χ2n) is 4.31. The molecule has 0 saturated carbocycles. The van der Waals surface area contributed by atoms with Gasteiger partial charge in [-0.2, -0.15) is 4.80 Å². The maximum Gasteiger partial charge on any atom is 0.188 e. The van der Waals surface area contributed by atoms with Crippen LogP contribution in [0, 0.1) is 12.7 Å². The van der Waals surface area contributed by atoms with Gasteiger partial charge in [-0.05, 0) is 36.3 Å². The van der Waals surface area contributed by atoms with Gasteiger partial charge in [0.2, 0.25) is 0 Å². The van der Waals surface area contributed by atoms with E-state index in [1.807, 2.05) is 13.0 Å². The van der Waals surface area contributed by atoms with Crippen LogP contribution in [0.5, 0.6) is 0 Å². The van der Waals surface area contributed by atoms with Crippen molar-refractivity contribution in [3.8, 4) is 0 Å². The van der Waals surface area contributed by atoms with Crippen LogP contribution in [0.1, 0.15) is 29.9 Å². The number of aryl methyl sites for hydroxylation is 2. The van der Waals surface area contributed by atoms with Crippen molar-refractivity contribution < 1.29 is 4.39 Å². The smallest absolute Gasteiger partial charge is 0.188 e. The summed E-state index contributed by atoms with van der Waals surface area (Å²) in [6, 6.07) is 5.28. The monoisotopic (exact) mass is 249 g/mol. The van der Waals surface area contributed by atoms with Gasteiger partial charge in [0.05, 0.1) is 13.6 Å². The molecule has 6 heteroatoms. The van der Waals surface area contributed by atoms with Crippen molar-refractivity contribution in [3.63, 3.8) is 0 Å². The van der Waals surface area contributed by atoms with Crippen LogP contribution in [-0.4, -0.2) is 20.2 Å². The maximum atomic E-state index is 13.4. The number of halogens is 1. The van der Waals surface area contributed by atoms with Crippen LogP contribution < -0.4 is 5.32 Å². The van der Waals surface area contributed by atoms with Gasteiger partial charge < -0.3 is 5.32 Å². The molecule has 0 aliphatic carbocycles. The predicted octanol–water partition coefficient (Wildman–Crippen LogP) is 1.51. The molecule has 1 heterocycles. The number of tetrazole rings is 1. The largest absolute Gasteiger partial charge is 0.303 e. The Bertz CT molecular complexity index is 537. The molecule has 0 aliphatic heterocycles. The molecule has 1 aromatic carbocycles. The first kappa shape index (κ1) is 12.6. The van der Waals surface area contributed by atoms with Crippen molar-refractivity contribution >= 4 is 0 Å². The highest BCUT2D eigenvalue weighted by Gasteiger charge is 2.08. The highest BCUT2D eigenvalue weighted by atomic mass is 19.1. The second-order valence-corrected chi connectivity index (χ2v) is 4.31. The van der Waals surface area contributed by atoms with Crippen LogP contribution in [0.25, 0.3) is 0 Å². The standard InChI is InChI=1S/C12H16FN5/c1-8-4-5-10(6-11(8)13)9(2)14-7-12-15-17-18(3)16-12/h4-6,9,14H,7H2,1-3H3. The van der Waals surface area contributed by atoms with E-state index in [2.05, 4.69) is 20.7 Å². The lowest BCUT2D eigenvalue weighted by atomic mass is 10.1. The fraction of sp³-hybridized carbons (Fsp3) is 0.417. The van der Waals surface area contributed by atoms with E-state index < -0.39 is 0 Å². The van der Waals surface area contributed by atoms with Crippen molar-refractivity contribution in [2.45, 2.75) is 26.4 Å². The summed E-state index contributed by atoms with van der Waals surface area (Å²) in [6.45, 7) is 4.23. The first-order valence-corrected chi connectivity index (χ1v) is 5.78. The van der Waals surface area contributed by atoms with Gasteiger partial charge in [0.15, 0.2) is 5.82 Å². The Hall–Kier alpha value is -1.82. The van der Waals surface area contributed by atoms with Crippen LogP contribution in [-0.2, 0) is 13.6 Å². The molecule has 96 valence electrons. The van der Waals surface area contributed by atoms with Crippen LogP contribution >= 0.6 is 0 Å².